The number of anilines is 1. The first-order chi connectivity index (χ1) is 10.2. The van der Waals surface area contributed by atoms with E-state index in [0.717, 1.165) is 5.69 Å². The first-order valence-electron chi connectivity index (χ1n) is 6.67. The van der Waals surface area contributed by atoms with Crippen LogP contribution in [0.5, 0.6) is 0 Å². The van der Waals surface area contributed by atoms with Crippen LogP contribution in [0.25, 0.3) is 11.5 Å². The summed E-state index contributed by atoms with van der Waals surface area (Å²) >= 11 is 0. The van der Waals surface area contributed by atoms with E-state index in [2.05, 4.69) is 27.0 Å². The summed E-state index contributed by atoms with van der Waals surface area (Å²) in [6, 6.07) is 9.57. The predicted octanol–water partition coefficient (Wildman–Crippen LogP) is 2.46. The maximum absolute atomic E-state index is 5.69. The number of nitrogen functional groups attached to an aromatic ring is 1. The van der Waals surface area contributed by atoms with Crippen molar-refractivity contribution in [3.8, 4) is 11.5 Å². The number of benzene rings is 1. The van der Waals surface area contributed by atoms with Crippen molar-refractivity contribution in [3.05, 3.63) is 54.3 Å². The molecule has 0 aliphatic heterocycles. The van der Waals surface area contributed by atoms with Crippen molar-refractivity contribution >= 4 is 5.69 Å². The molecule has 106 valence electrons. The van der Waals surface area contributed by atoms with Crippen LogP contribution in [-0.2, 0) is 6.42 Å². The van der Waals surface area contributed by atoms with E-state index in [1.807, 2.05) is 24.3 Å². The summed E-state index contributed by atoms with van der Waals surface area (Å²) < 4.78 is 5.29. The smallest absolute Gasteiger partial charge is 0.227 e. The summed E-state index contributed by atoms with van der Waals surface area (Å²) in [5.41, 5.74) is 8.29. The molecule has 6 heteroatoms. The Morgan fingerprint density at radius 3 is 2.71 bits per heavy atom. The molecule has 0 bridgehead atoms. The Morgan fingerprint density at radius 2 is 2.00 bits per heavy atom. The molecule has 3 rings (SSSR count). The Balaban J connectivity index is 1.74. The third-order valence-electron chi connectivity index (χ3n) is 3.27. The lowest BCUT2D eigenvalue weighted by Gasteiger charge is -2.08. The fourth-order valence-corrected chi connectivity index (χ4v) is 2.07. The summed E-state index contributed by atoms with van der Waals surface area (Å²) in [5.74, 6) is 1.34. The van der Waals surface area contributed by atoms with Crippen LogP contribution < -0.4 is 5.73 Å². The monoisotopic (exact) mass is 281 g/mol. The molecule has 2 aromatic heterocycles. The van der Waals surface area contributed by atoms with E-state index in [1.165, 1.54) is 11.9 Å². The van der Waals surface area contributed by atoms with Gasteiger partial charge in [-0.3, -0.25) is 0 Å². The highest BCUT2D eigenvalue weighted by molar-refractivity contribution is 5.46. The fourth-order valence-electron chi connectivity index (χ4n) is 2.07. The third-order valence-corrected chi connectivity index (χ3v) is 3.27. The van der Waals surface area contributed by atoms with Gasteiger partial charge >= 0.3 is 0 Å². The first kappa shape index (κ1) is 13.2. The SMILES string of the molecule is CC(Cc1nc(-c2ccncn2)no1)c1ccc(N)cc1. The highest BCUT2D eigenvalue weighted by Crippen LogP contribution is 2.21. The number of aromatic nitrogens is 4. The molecule has 1 unspecified atom stereocenters. The second-order valence-corrected chi connectivity index (χ2v) is 4.88. The normalized spacial score (nSPS) is 12.2. The van der Waals surface area contributed by atoms with E-state index in [-0.39, 0.29) is 5.92 Å². The van der Waals surface area contributed by atoms with Crippen molar-refractivity contribution in [1.82, 2.24) is 20.1 Å². The van der Waals surface area contributed by atoms with Crippen LogP contribution in [0.1, 0.15) is 24.3 Å². The van der Waals surface area contributed by atoms with Crippen LogP contribution in [-0.4, -0.2) is 20.1 Å². The largest absolute Gasteiger partial charge is 0.399 e. The zero-order valence-corrected chi connectivity index (χ0v) is 11.6. The molecule has 6 nitrogen and oxygen atoms in total. The van der Waals surface area contributed by atoms with Crippen molar-refractivity contribution < 1.29 is 4.52 Å². The van der Waals surface area contributed by atoms with Gasteiger partial charge in [0.1, 0.15) is 12.0 Å². The maximum Gasteiger partial charge on any atom is 0.227 e. The molecule has 0 fully saturated rings. The Morgan fingerprint density at radius 1 is 1.19 bits per heavy atom. The molecule has 0 saturated heterocycles. The topological polar surface area (TPSA) is 90.7 Å². The van der Waals surface area contributed by atoms with Crippen LogP contribution in [0.15, 0.2) is 47.4 Å². The van der Waals surface area contributed by atoms with Crippen molar-refractivity contribution in [2.75, 3.05) is 5.73 Å². The van der Waals surface area contributed by atoms with Gasteiger partial charge in [0.15, 0.2) is 0 Å². The van der Waals surface area contributed by atoms with Gasteiger partial charge in [0.25, 0.3) is 0 Å². The third kappa shape index (κ3) is 3.05. The molecule has 21 heavy (non-hydrogen) atoms. The van der Waals surface area contributed by atoms with E-state index in [9.17, 15) is 0 Å². The van der Waals surface area contributed by atoms with Crippen LogP contribution >= 0.6 is 0 Å². The van der Waals surface area contributed by atoms with Gasteiger partial charge < -0.3 is 10.3 Å². The van der Waals surface area contributed by atoms with Gasteiger partial charge in [0.05, 0.1) is 0 Å². The summed E-state index contributed by atoms with van der Waals surface area (Å²) in [7, 11) is 0. The molecule has 3 aromatic rings. The Hall–Kier alpha value is -2.76. The zero-order chi connectivity index (χ0) is 14.7. The molecule has 1 atom stereocenters. The quantitative estimate of drug-likeness (QED) is 0.739. The maximum atomic E-state index is 5.69. The molecule has 0 spiro atoms. The lowest BCUT2D eigenvalue weighted by molar-refractivity contribution is 0.372. The van der Waals surface area contributed by atoms with E-state index in [1.54, 1.807) is 12.3 Å². The van der Waals surface area contributed by atoms with Crippen LogP contribution in [0, 0.1) is 0 Å². The molecule has 0 saturated carbocycles. The van der Waals surface area contributed by atoms with Crippen LogP contribution in [0.3, 0.4) is 0 Å². The van der Waals surface area contributed by atoms with Crippen molar-refractivity contribution in [2.45, 2.75) is 19.3 Å². The minimum atomic E-state index is 0.268. The van der Waals surface area contributed by atoms with Gasteiger partial charge in [0.2, 0.25) is 11.7 Å². The Kier molecular flexibility index (Phi) is 3.59. The van der Waals surface area contributed by atoms with Gasteiger partial charge in [-0.2, -0.15) is 4.98 Å². The Bertz CT molecular complexity index is 708. The number of nitrogens with two attached hydrogens (primary N) is 1. The number of nitrogens with zero attached hydrogens (tertiary/aromatic N) is 4. The average Bonchev–Trinajstić information content (AvgIpc) is 2.97. The lowest BCUT2D eigenvalue weighted by Crippen LogP contribution is -1.99. The number of hydrogen-bond donors (Lipinski definition) is 1. The van der Waals surface area contributed by atoms with E-state index >= 15 is 0 Å². The molecule has 0 amide bonds. The second-order valence-electron chi connectivity index (χ2n) is 4.88. The number of rotatable bonds is 4. The molecular weight excluding hydrogens is 266 g/mol. The molecule has 2 N–H and O–H groups in total. The standard InChI is InChI=1S/C15H15N5O/c1-10(11-2-4-12(16)5-3-11)8-14-19-15(20-21-14)13-6-7-17-9-18-13/h2-7,9-10H,8,16H2,1H3. The fraction of sp³-hybridized carbons (Fsp3) is 0.200. The second kappa shape index (κ2) is 5.70. The summed E-state index contributed by atoms with van der Waals surface area (Å²) in [5, 5.41) is 3.95. The van der Waals surface area contributed by atoms with Crippen molar-refractivity contribution in [2.24, 2.45) is 0 Å². The molecule has 0 radical (unpaired) electrons. The minimum Gasteiger partial charge on any atom is -0.399 e. The van der Waals surface area contributed by atoms with Gasteiger partial charge in [-0.05, 0) is 29.7 Å². The molecule has 0 aliphatic rings. The van der Waals surface area contributed by atoms with Crippen LogP contribution in [0.4, 0.5) is 5.69 Å². The molecule has 0 aliphatic carbocycles. The Labute approximate surface area is 122 Å². The van der Waals surface area contributed by atoms with Gasteiger partial charge in [-0.15, -0.1) is 0 Å². The average molecular weight is 281 g/mol. The molecular formula is C15H15N5O. The van der Waals surface area contributed by atoms with E-state index < -0.39 is 0 Å². The van der Waals surface area contributed by atoms with Crippen molar-refractivity contribution in [3.63, 3.8) is 0 Å². The minimum absolute atomic E-state index is 0.268. The first-order valence-corrected chi connectivity index (χ1v) is 6.67. The summed E-state index contributed by atoms with van der Waals surface area (Å²) in [6.45, 7) is 2.11. The van der Waals surface area contributed by atoms with E-state index in [4.69, 9.17) is 10.3 Å². The summed E-state index contributed by atoms with van der Waals surface area (Å²) in [6.07, 6.45) is 3.78. The van der Waals surface area contributed by atoms with Gasteiger partial charge in [0, 0.05) is 18.3 Å². The lowest BCUT2D eigenvalue weighted by atomic mass is 9.98. The molecule has 2 heterocycles. The van der Waals surface area contributed by atoms with Gasteiger partial charge in [-0.1, -0.05) is 24.2 Å². The molecule has 1 aromatic carbocycles. The zero-order valence-electron chi connectivity index (χ0n) is 11.6. The highest BCUT2D eigenvalue weighted by Gasteiger charge is 2.14. The number of hydrogen-bond acceptors (Lipinski definition) is 6. The van der Waals surface area contributed by atoms with Crippen LogP contribution in [0.2, 0.25) is 0 Å². The highest BCUT2D eigenvalue weighted by atomic mass is 16.5. The van der Waals surface area contributed by atoms with Crippen molar-refractivity contribution in [1.29, 1.82) is 0 Å². The van der Waals surface area contributed by atoms with Gasteiger partial charge in [-0.25, -0.2) is 9.97 Å². The summed E-state index contributed by atoms with van der Waals surface area (Å²) in [4.78, 5) is 12.3. The predicted molar refractivity (Wildman–Crippen MR) is 78.3 cm³/mol. The van der Waals surface area contributed by atoms with E-state index in [0.29, 0.717) is 23.8 Å².